The minimum atomic E-state index is -3.91. The number of aromatic nitrogens is 1. The first-order valence-corrected chi connectivity index (χ1v) is 13.6. The Bertz CT molecular complexity index is 1420. The lowest BCUT2D eigenvalue weighted by Gasteiger charge is -2.31. The molecule has 0 bridgehead atoms. The summed E-state index contributed by atoms with van der Waals surface area (Å²) in [4.78, 5) is 13.1. The van der Waals surface area contributed by atoms with Gasteiger partial charge in [-0.25, -0.2) is 8.42 Å². The van der Waals surface area contributed by atoms with Gasteiger partial charge in [-0.1, -0.05) is 41.1 Å². The van der Waals surface area contributed by atoms with Gasteiger partial charge in [-0.2, -0.15) is 4.31 Å². The molecule has 1 aliphatic rings. The molecule has 2 aromatic carbocycles. The standard InChI is InChI=1S/C28H33N3O4S/c1-18-8-9-20(3)23(15-18)11-13-26-27(22(5)30-35-26)36(33,34)31-14-6-7-24(17-31)28(32)29-25-12-10-19(2)21(4)16-25/h8-13,15-16,24H,6-7,14,17H2,1-5H3,(H,29,32)/b13-11+/t24-/m0/s1. The zero-order valence-electron chi connectivity index (χ0n) is 21.5. The smallest absolute Gasteiger partial charge is 0.248 e. The van der Waals surface area contributed by atoms with Crippen molar-refractivity contribution in [2.24, 2.45) is 5.92 Å². The maximum Gasteiger partial charge on any atom is 0.248 e. The van der Waals surface area contributed by atoms with Crippen molar-refractivity contribution in [2.45, 2.75) is 52.4 Å². The predicted octanol–water partition coefficient (Wildman–Crippen LogP) is 5.43. The molecule has 0 unspecified atom stereocenters. The third-order valence-electron chi connectivity index (χ3n) is 6.81. The van der Waals surface area contributed by atoms with Crippen molar-refractivity contribution in [3.05, 3.63) is 75.7 Å². The fraction of sp³-hybridized carbons (Fsp3) is 0.357. The average Bonchev–Trinajstić information content (AvgIpc) is 3.23. The van der Waals surface area contributed by atoms with Gasteiger partial charge in [0.1, 0.15) is 5.69 Å². The minimum Gasteiger partial charge on any atom is -0.355 e. The molecule has 8 heteroatoms. The molecule has 7 nitrogen and oxygen atoms in total. The van der Waals surface area contributed by atoms with Crippen LogP contribution in [0.4, 0.5) is 5.69 Å². The average molecular weight is 508 g/mol. The molecule has 1 fully saturated rings. The molecule has 0 radical (unpaired) electrons. The summed E-state index contributed by atoms with van der Waals surface area (Å²) in [6, 6.07) is 11.8. The zero-order valence-corrected chi connectivity index (χ0v) is 22.3. The van der Waals surface area contributed by atoms with Crippen molar-refractivity contribution in [3.8, 4) is 0 Å². The molecule has 1 aromatic heterocycles. The quantitative estimate of drug-likeness (QED) is 0.481. The van der Waals surface area contributed by atoms with Gasteiger partial charge in [0, 0.05) is 18.8 Å². The second kappa shape index (κ2) is 10.4. The van der Waals surface area contributed by atoms with E-state index in [1.54, 1.807) is 13.0 Å². The second-order valence-corrected chi connectivity index (χ2v) is 11.5. The summed E-state index contributed by atoms with van der Waals surface area (Å²) in [6.45, 7) is 10.1. The lowest BCUT2D eigenvalue weighted by Crippen LogP contribution is -2.43. The predicted molar refractivity (Wildman–Crippen MR) is 142 cm³/mol. The molecule has 0 spiro atoms. The van der Waals surface area contributed by atoms with Crippen molar-refractivity contribution < 1.29 is 17.7 Å². The number of anilines is 1. The number of carbonyl (C=O) groups excluding carboxylic acids is 1. The summed E-state index contributed by atoms with van der Waals surface area (Å²) in [5.41, 5.74) is 6.42. The maximum absolute atomic E-state index is 13.7. The Hall–Kier alpha value is -3.23. The van der Waals surface area contributed by atoms with Crippen molar-refractivity contribution in [1.29, 1.82) is 0 Å². The van der Waals surface area contributed by atoms with Crippen molar-refractivity contribution in [2.75, 3.05) is 18.4 Å². The number of amides is 1. The Balaban J connectivity index is 1.54. The third kappa shape index (κ3) is 5.44. The van der Waals surface area contributed by atoms with Gasteiger partial charge in [0.2, 0.25) is 15.9 Å². The molecule has 2 heterocycles. The van der Waals surface area contributed by atoms with Gasteiger partial charge < -0.3 is 9.84 Å². The number of aryl methyl sites for hydroxylation is 5. The minimum absolute atomic E-state index is 0.0549. The highest BCUT2D eigenvalue weighted by molar-refractivity contribution is 7.89. The monoisotopic (exact) mass is 507 g/mol. The number of rotatable bonds is 6. The van der Waals surface area contributed by atoms with Crippen LogP contribution in [0.5, 0.6) is 0 Å². The van der Waals surface area contributed by atoms with Gasteiger partial charge in [0.15, 0.2) is 10.7 Å². The van der Waals surface area contributed by atoms with Gasteiger partial charge >= 0.3 is 0 Å². The van der Waals surface area contributed by atoms with Crippen LogP contribution in [0.1, 0.15) is 52.1 Å². The van der Waals surface area contributed by atoms with Crippen LogP contribution in [0.3, 0.4) is 0 Å². The van der Waals surface area contributed by atoms with E-state index in [9.17, 15) is 13.2 Å². The van der Waals surface area contributed by atoms with Gasteiger partial charge in [0.05, 0.1) is 5.92 Å². The lowest BCUT2D eigenvalue weighted by molar-refractivity contribution is -0.120. The number of benzene rings is 2. The Labute approximate surface area is 213 Å². The molecule has 3 aromatic rings. The lowest BCUT2D eigenvalue weighted by atomic mass is 9.98. The Kier molecular flexibility index (Phi) is 7.47. The van der Waals surface area contributed by atoms with E-state index < -0.39 is 15.9 Å². The molecular weight excluding hydrogens is 474 g/mol. The number of piperidine rings is 1. The van der Waals surface area contributed by atoms with Gasteiger partial charge in [-0.3, -0.25) is 4.79 Å². The molecular formula is C28H33N3O4S. The highest BCUT2D eigenvalue weighted by atomic mass is 32.2. The van der Waals surface area contributed by atoms with Crippen LogP contribution in [-0.2, 0) is 14.8 Å². The first-order chi connectivity index (χ1) is 17.1. The number of sulfonamides is 1. The van der Waals surface area contributed by atoms with Crippen LogP contribution in [0.25, 0.3) is 12.2 Å². The van der Waals surface area contributed by atoms with E-state index >= 15 is 0 Å². The van der Waals surface area contributed by atoms with E-state index in [2.05, 4.69) is 10.5 Å². The fourth-order valence-corrected chi connectivity index (χ4v) is 6.24. The summed E-state index contributed by atoms with van der Waals surface area (Å²) in [6.07, 6.45) is 4.73. The van der Waals surface area contributed by atoms with Crippen LogP contribution in [-0.4, -0.2) is 36.9 Å². The fourth-order valence-electron chi connectivity index (χ4n) is 4.47. The number of hydrogen-bond acceptors (Lipinski definition) is 5. The zero-order chi connectivity index (χ0) is 26.0. The van der Waals surface area contributed by atoms with Crippen molar-refractivity contribution in [3.63, 3.8) is 0 Å². The number of nitrogens with zero attached hydrogens (tertiary/aromatic N) is 2. The molecule has 0 aliphatic carbocycles. The second-order valence-electron chi connectivity index (χ2n) is 9.65. The van der Waals surface area contributed by atoms with Crippen LogP contribution in [0, 0.1) is 40.5 Å². The van der Waals surface area contributed by atoms with E-state index in [1.807, 2.05) is 70.2 Å². The van der Waals surface area contributed by atoms with Crippen LogP contribution in [0.15, 0.2) is 45.8 Å². The molecule has 1 amide bonds. The van der Waals surface area contributed by atoms with E-state index in [1.165, 1.54) is 4.31 Å². The van der Waals surface area contributed by atoms with Gasteiger partial charge in [-0.15, -0.1) is 0 Å². The molecule has 0 saturated carbocycles. The van der Waals surface area contributed by atoms with E-state index in [0.29, 0.717) is 25.1 Å². The number of hydrogen-bond donors (Lipinski definition) is 1. The van der Waals surface area contributed by atoms with Crippen molar-refractivity contribution in [1.82, 2.24) is 9.46 Å². The molecule has 4 rings (SSSR count). The van der Waals surface area contributed by atoms with E-state index in [0.717, 1.165) is 33.5 Å². The van der Waals surface area contributed by atoms with E-state index in [4.69, 9.17) is 4.52 Å². The third-order valence-corrected chi connectivity index (χ3v) is 8.83. The molecule has 1 N–H and O–H groups in total. The summed E-state index contributed by atoms with van der Waals surface area (Å²) < 4.78 is 34.2. The first-order valence-electron chi connectivity index (χ1n) is 12.2. The molecule has 1 aliphatic heterocycles. The Morgan fingerprint density at radius 1 is 1.03 bits per heavy atom. The number of nitrogens with one attached hydrogen (secondary N) is 1. The van der Waals surface area contributed by atoms with Crippen molar-refractivity contribution >= 4 is 33.8 Å². The van der Waals surface area contributed by atoms with Crippen LogP contribution >= 0.6 is 0 Å². The first kappa shape index (κ1) is 25.9. The number of carbonyl (C=O) groups is 1. The Morgan fingerprint density at radius 2 is 1.78 bits per heavy atom. The van der Waals surface area contributed by atoms with Gasteiger partial charge in [-0.05, 0) is 87.9 Å². The topological polar surface area (TPSA) is 92.5 Å². The van der Waals surface area contributed by atoms with Gasteiger partial charge in [0.25, 0.3) is 0 Å². The molecule has 1 saturated heterocycles. The maximum atomic E-state index is 13.7. The Morgan fingerprint density at radius 3 is 2.53 bits per heavy atom. The summed E-state index contributed by atoms with van der Waals surface area (Å²) in [5, 5.41) is 6.90. The largest absolute Gasteiger partial charge is 0.355 e. The van der Waals surface area contributed by atoms with E-state index in [-0.39, 0.29) is 23.1 Å². The van der Waals surface area contributed by atoms with Crippen LogP contribution < -0.4 is 5.32 Å². The highest BCUT2D eigenvalue weighted by Crippen LogP contribution is 2.30. The summed E-state index contributed by atoms with van der Waals surface area (Å²) in [7, 11) is -3.91. The summed E-state index contributed by atoms with van der Waals surface area (Å²) >= 11 is 0. The normalized spacial score (nSPS) is 17.0. The molecule has 190 valence electrons. The summed E-state index contributed by atoms with van der Waals surface area (Å²) in [5.74, 6) is -0.422. The SMILES string of the molecule is Cc1ccc(C)c(/C=C/c2onc(C)c2S(=O)(=O)N2CCC[C@H](C(=O)Nc3ccc(C)c(C)c3)C2)c1. The van der Waals surface area contributed by atoms with Crippen LogP contribution in [0.2, 0.25) is 0 Å². The molecule has 1 atom stereocenters. The highest BCUT2D eigenvalue weighted by Gasteiger charge is 2.37. The molecule has 36 heavy (non-hydrogen) atoms.